The highest BCUT2D eigenvalue weighted by molar-refractivity contribution is 6.46. The normalized spacial score (nSPS) is 17.5. The van der Waals surface area contributed by atoms with Gasteiger partial charge in [-0.25, -0.2) is 4.98 Å². The lowest BCUT2D eigenvalue weighted by atomic mass is 9.96. The van der Waals surface area contributed by atoms with E-state index in [-0.39, 0.29) is 12.1 Å². The molecule has 1 atom stereocenters. The number of nitrogens with one attached hydrogen (secondary N) is 1. The maximum atomic E-state index is 13.4. The number of hydrogen-bond donors (Lipinski definition) is 0. The van der Waals surface area contributed by atoms with E-state index in [1.54, 1.807) is 61.2 Å². The topological polar surface area (TPSA) is 96.7 Å². The molecule has 1 amide bonds. The number of ether oxygens (including phenoxy) is 1. The quantitative estimate of drug-likeness (QED) is 0.326. The van der Waals surface area contributed by atoms with Gasteiger partial charge in [0.1, 0.15) is 5.75 Å². The third-order valence-electron chi connectivity index (χ3n) is 5.27. The van der Waals surface area contributed by atoms with Gasteiger partial charge in [0, 0.05) is 29.6 Å². The average molecular weight is 429 g/mol. The van der Waals surface area contributed by atoms with Crippen LogP contribution in [0.1, 0.15) is 36.1 Å². The molecular formula is C25H23N3O4. The molecule has 0 saturated carbocycles. The van der Waals surface area contributed by atoms with E-state index in [0.717, 1.165) is 12.0 Å². The number of amides is 1. The van der Waals surface area contributed by atoms with E-state index in [9.17, 15) is 14.7 Å². The number of carbonyl (C=O) groups excluding carboxylic acids is 2. The zero-order chi connectivity index (χ0) is 22.5. The third kappa shape index (κ3) is 4.23. The number of H-pyrrole nitrogens is 1. The lowest BCUT2D eigenvalue weighted by Gasteiger charge is -2.27. The van der Waals surface area contributed by atoms with Crippen molar-refractivity contribution in [3.05, 3.63) is 95.6 Å². The molecule has 1 fully saturated rings. The first-order valence-electron chi connectivity index (χ1n) is 10.4. The highest BCUT2D eigenvalue weighted by atomic mass is 16.5. The Morgan fingerprint density at radius 3 is 2.53 bits per heavy atom. The van der Waals surface area contributed by atoms with Crippen molar-refractivity contribution in [2.75, 3.05) is 6.61 Å². The molecule has 7 heteroatoms. The fourth-order valence-electron chi connectivity index (χ4n) is 3.73. The molecule has 1 unspecified atom stereocenters. The molecule has 0 bridgehead atoms. The number of rotatable bonds is 7. The van der Waals surface area contributed by atoms with Gasteiger partial charge in [-0.1, -0.05) is 24.8 Å². The number of ketones is 1. The van der Waals surface area contributed by atoms with E-state index in [4.69, 9.17) is 4.74 Å². The second-order valence-corrected chi connectivity index (χ2v) is 7.47. The van der Waals surface area contributed by atoms with Crippen molar-refractivity contribution >= 4 is 17.4 Å². The molecule has 7 nitrogen and oxygen atoms in total. The molecule has 0 spiro atoms. The summed E-state index contributed by atoms with van der Waals surface area (Å²) in [5.41, 5.74) is 1.76. The van der Waals surface area contributed by atoms with Crippen molar-refractivity contribution in [3.8, 4) is 5.75 Å². The zero-order valence-electron chi connectivity index (χ0n) is 17.7. The molecule has 1 aliphatic heterocycles. The average Bonchev–Trinajstić information content (AvgIpc) is 3.09. The monoisotopic (exact) mass is 429 g/mol. The summed E-state index contributed by atoms with van der Waals surface area (Å²) in [4.78, 5) is 34.4. The number of aromatic amines is 1. The molecule has 1 N–H and O–H groups in total. The minimum Gasteiger partial charge on any atom is -0.872 e. The van der Waals surface area contributed by atoms with Crippen LogP contribution in [0.15, 0.2) is 78.9 Å². The highest BCUT2D eigenvalue weighted by Crippen LogP contribution is 2.39. The van der Waals surface area contributed by atoms with Gasteiger partial charge < -0.3 is 14.7 Å². The second kappa shape index (κ2) is 9.43. The molecule has 1 aromatic carbocycles. The second-order valence-electron chi connectivity index (χ2n) is 7.47. The Morgan fingerprint density at radius 1 is 1.12 bits per heavy atom. The Balaban J connectivity index is 1.76. The van der Waals surface area contributed by atoms with Gasteiger partial charge >= 0.3 is 0 Å². The van der Waals surface area contributed by atoms with Crippen LogP contribution in [0.2, 0.25) is 0 Å². The van der Waals surface area contributed by atoms with Crippen molar-refractivity contribution in [1.82, 2.24) is 9.88 Å². The predicted octanol–water partition coefficient (Wildman–Crippen LogP) is 2.11. The standard InChI is InChI=1S/C25H23N3O4/c1-2-14-32-20-7-5-19(6-8-20)23(29)21-22(18-9-12-26-13-10-18)28(25(31)24(21)30)16-17-4-3-11-27-15-17/h3-13,15,22,29H,2,14,16H2,1H3. The van der Waals surface area contributed by atoms with Gasteiger partial charge in [-0.15, -0.1) is 0 Å². The zero-order valence-corrected chi connectivity index (χ0v) is 17.7. The number of pyridine rings is 2. The van der Waals surface area contributed by atoms with Crippen LogP contribution >= 0.6 is 0 Å². The van der Waals surface area contributed by atoms with Gasteiger partial charge in [0.05, 0.1) is 19.2 Å². The Bertz CT molecular complexity index is 1130. The molecular weight excluding hydrogens is 406 g/mol. The number of carbonyl (C=O) groups is 2. The summed E-state index contributed by atoms with van der Waals surface area (Å²) in [6, 6.07) is 13.0. The lowest BCUT2D eigenvalue weighted by molar-refractivity contribution is -0.378. The van der Waals surface area contributed by atoms with Crippen LogP contribution in [0.25, 0.3) is 5.76 Å². The summed E-state index contributed by atoms with van der Waals surface area (Å²) in [5, 5.41) is 13.4. The molecule has 0 radical (unpaired) electrons. The van der Waals surface area contributed by atoms with Gasteiger partial charge in [-0.2, -0.15) is 0 Å². The molecule has 0 aliphatic carbocycles. The Hall–Kier alpha value is -4.00. The Labute approximate surface area is 186 Å². The van der Waals surface area contributed by atoms with E-state index in [2.05, 4.69) is 9.97 Å². The van der Waals surface area contributed by atoms with Gasteiger partial charge in [0.25, 0.3) is 5.91 Å². The van der Waals surface area contributed by atoms with E-state index < -0.39 is 23.5 Å². The third-order valence-corrected chi connectivity index (χ3v) is 5.27. The van der Waals surface area contributed by atoms with Gasteiger partial charge in [-0.3, -0.25) is 14.6 Å². The fourth-order valence-corrected chi connectivity index (χ4v) is 3.73. The number of likely N-dealkylation sites (tertiary alicyclic amines) is 1. The minimum atomic E-state index is -0.790. The first kappa shape index (κ1) is 21.2. The first-order valence-corrected chi connectivity index (χ1v) is 10.4. The van der Waals surface area contributed by atoms with Crippen LogP contribution < -0.4 is 14.8 Å². The molecule has 32 heavy (non-hydrogen) atoms. The van der Waals surface area contributed by atoms with Crippen LogP contribution in [-0.2, 0) is 16.1 Å². The van der Waals surface area contributed by atoms with Crippen molar-refractivity contribution in [3.63, 3.8) is 0 Å². The van der Waals surface area contributed by atoms with Gasteiger partial charge in [-0.05, 0) is 47.9 Å². The van der Waals surface area contributed by atoms with E-state index >= 15 is 0 Å². The Kier molecular flexibility index (Phi) is 6.26. The first-order chi connectivity index (χ1) is 15.6. The molecule has 3 heterocycles. The number of nitrogens with zero attached hydrogens (tertiary/aromatic N) is 2. The van der Waals surface area contributed by atoms with E-state index in [1.165, 1.54) is 4.90 Å². The molecule has 2 aromatic heterocycles. The molecule has 4 rings (SSSR count). The summed E-state index contributed by atoms with van der Waals surface area (Å²) >= 11 is 0. The summed E-state index contributed by atoms with van der Waals surface area (Å²) in [6.07, 6.45) is 7.56. The highest BCUT2D eigenvalue weighted by Gasteiger charge is 2.44. The molecule has 1 aliphatic rings. The van der Waals surface area contributed by atoms with Gasteiger partial charge in [0.2, 0.25) is 5.78 Å². The van der Waals surface area contributed by atoms with Crippen molar-refractivity contribution in [2.24, 2.45) is 0 Å². The van der Waals surface area contributed by atoms with Crippen molar-refractivity contribution in [1.29, 1.82) is 0 Å². The maximum absolute atomic E-state index is 13.4. The van der Waals surface area contributed by atoms with Crippen LogP contribution in [0, 0.1) is 0 Å². The number of hydrogen-bond acceptors (Lipinski definition) is 5. The van der Waals surface area contributed by atoms with Crippen LogP contribution in [0.5, 0.6) is 5.75 Å². The number of aromatic nitrogens is 2. The molecule has 1 saturated heterocycles. The Morgan fingerprint density at radius 2 is 1.88 bits per heavy atom. The maximum Gasteiger partial charge on any atom is 0.295 e. The minimum absolute atomic E-state index is 0.0525. The summed E-state index contributed by atoms with van der Waals surface area (Å²) in [6.45, 7) is 2.78. The molecule has 162 valence electrons. The summed E-state index contributed by atoms with van der Waals surface area (Å²) in [7, 11) is 0. The van der Waals surface area contributed by atoms with Crippen molar-refractivity contribution < 1.29 is 24.4 Å². The van der Waals surface area contributed by atoms with Crippen LogP contribution in [-0.4, -0.2) is 28.2 Å². The predicted molar refractivity (Wildman–Crippen MR) is 115 cm³/mol. The smallest absolute Gasteiger partial charge is 0.295 e. The largest absolute Gasteiger partial charge is 0.872 e. The van der Waals surface area contributed by atoms with E-state index in [1.807, 2.05) is 19.1 Å². The van der Waals surface area contributed by atoms with E-state index in [0.29, 0.717) is 23.5 Å². The van der Waals surface area contributed by atoms with Gasteiger partial charge in [0.15, 0.2) is 12.4 Å². The summed E-state index contributed by atoms with van der Waals surface area (Å²) in [5.74, 6) is -1.28. The fraction of sp³-hybridized carbons (Fsp3) is 0.200. The lowest BCUT2D eigenvalue weighted by Crippen LogP contribution is -2.29. The van der Waals surface area contributed by atoms with Crippen LogP contribution in [0.3, 0.4) is 0 Å². The summed E-state index contributed by atoms with van der Waals surface area (Å²) < 4.78 is 5.57. The number of Topliss-reactive ketones (excluding diaryl/α,β-unsaturated/α-hetero) is 1. The number of benzene rings is 1. The molecule has 3 aromatic rings. The van der Waals surface area contributed by atoms with Crippen molar-refractivity contribution in [2.45, 2.75) is 25.9 Å². The van der Waals surface area contributed by atoms with Crippen LogP contribution in [0.4, 0.5) is 0 Å². The SMILES string of the molecule is CCCOc1ccc(C([O-])=C2C(=O)C(=O)N(Cc3ccc[nH+]c3)C2c2ccncc2)cc1.